The lowest BCUT2D eigenvalue weighted by Crippen LogP contribution is -2.33. The van der Waals surface area contributed by atoms with Gasteiger partial charge >= 0.3 is 0 Å². The number of thiazole rings is 1. The summed E-state index contributed by atoms with van der Waals surface area (Å²) in [6.45, 7) is 6.85. The lowest BCUT2D eigenvalue weighted by atomic mass is 9.87. The van der Waals surface area contributed by atoms with E-state index in [-0.39, 0.29) is 11.2 Å². The molecule has 0 atom stereocenters. The number of hydrogen-bond acceptors (Lipinski definition) is 4. The molecule has 0 radical (unpaired) electrons. The summed E-state index contributed by atoms with van der Waals surface area (Å²) in [6.07, 6.45) is 3.95. The summed E-state index contributed by atoms with van der Waals surface area (Å²) in [6, 6.07) is 0. The smallest absolute Gasteiger partial charge is 0.211 e. The lowest BCUT2D eigenvalue weighted by Gasteiger charge is -2.24. The van der Waals surface area contributed by atoms with Crippen LogP contribution in [-0.4, -0.2) is 25.7 Å². The molecule has 1 aliphatic rings. The van der Waals surface area contributed by atoms with Crippen molar-refractivity contribution in [2.45, 2.75) is 51.9 Å². The zero-order chi connectivity index (χ0) is 14.8. The van der Waals surface area contributed by atoms with Gasteiger partial charge in [0.1, 0.15) is 0 Å². The molecule has 20 heavy (non-hydrogen) atoms. The van der Waals surface area contributed by atoms with Crippen LogP contribution >= 0.6 is 11.3 Å². The summed E-state index contributed by atoms with van der Waals surface area (Å²) in [5.41, 5.74) is 1.04. The van der Waals surface area contributed by atoms with Gasteiger partial charge in [0.05, 0.1) is 16.5 Å². The molecule has 4 nitrogen and oxygen atoms in total. The molecule has 0 spiro atoms. The Morgan fingerprint density at radius 1 is 1.40 bits per heavy atom. The van der Waals surface area contributed by atoms with Gasteiger partial charge in [0.2, 0.25) is 10.0 Å². The van der Waals surface area contributed by atoms with Crippen LogP contribution in [0.4, 0.5) is 0 Å². The van der Waals surface area contributed by atoms with Crippen molar-refractivity contribution in [1.82, 2.24) is 9.71 Å². The van der Waals surface area contributed by atoms with Crippen molar-refractivity contribution in [3.05, 3.63) is 16.1 Å². The van der Waals surface area contributed by atoms with Crippen molar-refractivity contribution in [3.8, 4) is 0 Å². The minimum atomic E-state index is -3.11. The first-order valence-corrected chi connectivity index (χ1v) is 9.72. The third-order valence-electron chi connectivity index (χ3n) is 3.58. The molecular formula is C14H24N2O2S2. The van der Waals surface area contributed by atoms with Crippen LogP contribution in [0.2, 0.25) is 0 Å². The fourth-order valence-corrected chi connectivity index (χ4v) is 4.56. The summed E-state index contributed by atoms with van der Waals surface area (Å²) < 4.78 is 26.4. The van der Waals surface area contributed by atoms with Gasteiger partial charge in [-0.15, -0.1) is 11.3 Å². The highest BCUT2D eigenvalue weighted by Crippen LogP contribution is 2.27. The van der Waals surface area contributed by atoms with Gasteiger partial charge in [0.15, 0.2) is 0 Å². The normalized spacial score (nSPS) is 17.1. The second kappa shape index (κ2) is 6.12. The zero-order valence-corrected chi connectivity index (χ0v) is 14.1. The maximum Gasteiger partial charge on any atom is 0.211 e. The SMILES string of the molecule is CC(C)(C)c1nc(CCNS(=O)(=O)CC2CCC2)cs1. The molecule has 1 aromatic heterocycles. The Balaban J connectivity index is 1.79. The van der Waals surface area contributed by atoms with Crippen molar-refractivity contribution in [3.63, 3.8) is 0 Å². The van der Waals surface area contributed by atoms with Crippen molar-refractivity contribution in [2.24, 2.45) is 5.92 Å². The van der Waals surface area contributed by atoms with Gasteiger partial charge in [-0.25, -0.2) is 18.1 Å². The highest BCUT2D eigenvalue weighted by Gasteiger charge is 2.24. The summed E-state index contributed by atoms with van der Waals surface area (Å²) in [5, 5.41) is 3.13. The maximum absolute atomic E-state index is 11.9. The summed E-state index contributed by atoms with van der Waals surface area (Å²) in [7, 11) is -3.11. The van der Waals surface area contributed by atoms with Crippen LogP contribution in [0.15, 0.2) is 5.38 Å². The quantitative estimate of drug-likeness (QED) is 0.878. The van der Waals surface area contributed by atoms with Gasteiger partial charge < -0.3 is 0 Å². The topological polar surface area (TPSA) is 59.1 Å². The third-order valence-corrected chi connectivity index (χ3v) is 6.45. The Morgan fingerprint density at radius 3 is 2.60 bits per heavy atom. The van der Waals surface area contributed by atoms with Gasteiger partial charge in [-0.1, -0.05) is 27.2 Å². The van der Waals surface area contributed by atoms with Crippen molar-refractivity contribution in [2.75, 3.05) is 12.3 Å². The second-order valence-electron chi connectivity index (χ2n) is 6.62. The first kappa shape index (κ1) is 15.9. The molecule has 0 aromatic carbocycles. The monoisotopic (exact) mass is 316 g/mol. The third kappa shape index (κ3) is 4.53. The van der Waals surface area contributed by atoms with E-state index in [9.17, 15) is 8.42 Å². The van der Waals surface area contributed by atoms with Crippen LogP contribution in [0.25, 0.3) is 0 Å². The van der Waals surface area contributed by atoms with E-state index in [4.69, 9.17) is 0 Å². The van der Waals surface area contributed by atoms with Crippen molar-refractivity contribution in [1.29, 1.82) is 0 Å². The number of rotatable bonds is 6. The Morgan fingerprint density at radius 2 is 2.10 bits per heavy atom. The van der Waals surface area contributed by atoms with E-state index in [0.29, 0.717) is 18.9 Å². The minimum Gasteiger partial charge on any atom is -0.246 e. The lowest BCUT2D eigenvalue weighted by molar-refractivity contribution is 0.346. The second-order valence-corrected chi connectivity index (χ2v) is 9.33. The fraction of sp³-hybridized carbons (Fsp3) is 0.786. The van der Waals surface area contributed by atoms with E-state index in [0.717, 1.165) is 23.5 Å². The van der Waals surface area contributed by atoms with E-state index in [2.05, 4.69) is 30.5 Å². The van der Waals surface area contributed by atoms with E-state index >= 15 is 0 Å². The van der Waals surface area contributed by atoms with Crippen molar-refractivity contribution >= 4 is 21.4 Å². The van der Waals surface area contributed by atoms with Crippen LogP contribution in [0.1, 0.15) is 50.7 Å². The molecule has 0 saturated heterocycles. The van der Waals surface area contributed by atoms with E-state index in [1.165, 1.54) is 6.42 Å². The number of aromatic nitrogens is 1. The number of nitrogens with zero attached hydrogens (tertiary/aromatic N) is 1. The molecule has 0 bridgehead atoms. The van der Waals surface area contributed by atoms with Crippen LogP contribution in [-0.2, 0) is 21.9 Å². The van der Waals surface area contributed by atoms with Crippen molar-refractivity contribution < 1.29 is 8.42 Å². The first-order valence-electron chi connectivity index (χ1n) is 7.18. The number of hydrogen-bond donors (Lipinski definition) is 1. The molecule has 1 heterocycles. The predicted molar refractivity (Wildman–Crippen MR) is 83.6 cm³/mol. The molecule has 1 saturated carbocycles. The molecule has 0 unspecified atom stereocenters. The standard InChI is InChI=1S/C14H24N2O2S2/c1-14(2,3)13-16-12(9-19-13)7-8-15-20(17,18)10-11-5-4-6-11/h9,11,15H,4-8,10H2,1-3H3. The van der Waals surface area contributed by atoms with Gasteiger partial charge in [0, 0.05) is 23.8 Å². The molecule has 114 valence electrons. The Labute approximate surface area is 126 Å². The van der Waals surface area contributed by atoms with Crippen LogP contribution in [0.3, 0.4) is 0 Å². The predicted octanol–water partition coefficient (Wildman–Crippen LogP) is 2.70. The molecule has 1 aromatic rings. The Kier molecular flexibility index (Phi) is 4.87. The van der Waals surface area contributed by atoms with E-state index in [1.54, 1.807) is 11.3 Å². The number of nitrogens with one attached hydrogen (secondary N) is 1. The molecule has 1 aliphatic carbocycles. The summed E-state index contributed by atoms with van der Waals surface area (Å²) in [4.78, 5) is 4.57. The van der Waals surface area contributed by atoms with Crippen LogP contribution < -0.4 is 4.72 Å². The van der Waals surface area contributed by atoms with E-state index < -0.39 is 10.0 Å². The Hall–Kier alpha value is -0.460. The fourth-order valence-electron chi connectivity index (χ4n) is 2.13. The molecule has 0 amide bonds. The highest BCUT2D eigenvalue weighted by molar-refractivity contribution is 7.89. The molecule has 0 aliphatic heterocycles. The van der Waals surface area contributed by atoms with Gasteiger partial charge in [-0.05, 0) is 18.8 Å². The molecule has 1 fully saturated rings. The zero-order valence-electron chi connectivity index (χ0n) is 12.5. The maximum atomic E-state index is 11.9. The van der Waals surface area contributed by atoms with Gasteiger partial charge in [-0.3, -0.25) is 0 Å². The van der Waals surface area contributed by atoms with Gasteiger partial charge in [-0.2, -0.15) is 0 Å². The summed E-state index contributed by atoms with van der Waals surface area (Å²) >= 11 is 1.65. The molecule has 6 heteroatoms. The molecule has 1 N–H and O–H groups in total. The average Bonchev–Trinajstić information content (AvgIpc) is 2.72. The average molecular weight is 316 g/mol. The molecular weight excluding hydrogens is 292 g/mol. The minimum absolute atomic E-state index is 0.0621. The van der Waals surface area contributed by atoms with Crippen LogP contribution in [0, 0.1) is 5.92 Å². The number of sulfonamides is 1. The highest BCUT2D eigenvalue weighted by atomic mass is 32.2. The Bertz CT molecular complexity index is 540. The van der Waals surface area contributed by atoms with Gasteiger partial charge in [0.25, 0.3) is 0 Å². The summed E-state index contributed by atoms with van der Waals surface area (Å²) in [5.74, 6) is 0.663. The first-order chi connectivity index (χ1) is 9.26. The van der Waals surface area contributed by atoms with E-state index in [1.807, 2.05) is 5.38 Å². The van der Waals surface area contributed by atoms with Crippen LogP contribution in [0.5, 0.6) is 0 Å². The molecule has 2 rings (SSSR count). The largest absolute Gasteiger partial charge is 0.246 e.